The van der Waals surface area contributed by atoms with Gasteiger partial charge in [0, 0.05) is 42.3 Å². The molecule has 0 spiro atoms. The van der Waals surface area contributed by atoms with Gasteiger partial charge in [-0.25, -0.2) is 14.4 Å². The van der Waals surface area contributed by atoms with Gasteiger partial charge < -0.3 is 10.2 Å². The molecule has 4 heterocycles. The van der Waals surface area contributed by atoms with Crippen LogP contribution in [0.3, 0.4) is 0 Å². The van der Waals surface area contributed by atoms with E-state index in [1.807, 2.05) is 11.0 Å². The Labute approximate surface area is 219 Å². The Bertz CT molecular complexity index is 1330. The Kier molecular flexibility index (Phi) is 6.67. The molecule has 36 heavy (non-hydrogen) atoms. The van der Waals surface area contributed by atoms with Gasteiger partial charge in [-0.2, -0.15) is 0 Å². The van der Waals surface area contributed by atoms with E-state index in [0.29, 0.717) is 24.6 Å². The number of nitrogens with one attached hydrogen (secondary N) is 1. The van der Waals surface area contributed by atoms with Gasteiger partial charge in [-0.1, -0.05) is 36.9 Å². The average Bonchev–Trinajstić information content (AvgIpc) is 3.14. The summed E-state index contributed by atoms with van der Waals surface area (Å²) in [7, 11) is 0. The number of rotatable bonds is 5. The highest BCUT2D eigenvalue weighted by Crippen LogP contribution is 2.39. The van der Waals surface area contributed by atoms with Crippen LogP contribution in [0.1, 0.15) is 42.5 Å². The van der Waals surface area contributed by atoms with E-state index in [1.54, 1.807) is 29.5 Å². The Balaban J connectivity index is 1.13. The fraction of sp³-hybridized carbons (Fsp3) is 0.444. The number of thiophene rings is 1. The summed E-state index contributed by atoms with van der Waals surface area (Å²) in [6.45, 7) is 3.29. The smallest absolute Gasteiger partial charge is 0.246 e. The molecule has 1 N–H and O–H groups in total. The Morgan fingerprint density at radius 1 is 1.25 bits per heavy atom. The summed E-state index contributed by atoms with van der Waals surface area (Å²) >= 11 is 7.55. The molecule has 1 aromatic carbocycles. The lowest BCUT2D eigenvalue weighted by molar-refractivity contribution is -0.126. The highest BCUT2D eigenvalue weighted by Gasteiger charge is 2.38. The van der Waals surface area contributed by atoms with E-state index < -0.39 is 5.82 Å². The van der Waals surface area contributed by atoms with Gasteiger partial charge >= 0.3 is 0 Å². The molecule has 188 valence electrons. The number of likely N-dealkylation sites (tertiary alicyclic amines) is 1. The number of benzene rings is 1. The zero-order valence-corrected chi connectivity index (χ0v) is 21.6. The van der Waals surface area contributed by atoms with Crippen LogP contribution in [0.2, 0.25) is 5.02 Å². The summed E-state index contributed by atoms with van der Waals surface area (Å²) in [4.78, 5) is 28.3. The number of aromatic nitrogens is 2. The van der Waals surface area contributed by atoms with Crippen LogP contribution in [0.4, 0.5) is 15.9 Å². The first-order valence-corrected chi connectivity index (χ1v) is 13.9. The third-order valence-electron chi connectivity index (χ3n) is 7.79. The topological polar surface area (TPSA) is 61.4 Å². The SMILES string of the molecule is O=C(/C=C/CN1CC2CCCCCC21)N1CCc2c(sc3ncnc(Nc4ccc(F)c(Cl)c4)c23)C1. The predicted octanol–water partition coefficient (Wildman–Crippen LogP) is 5.93. The van der Waals surface area contributed by atoms with Gasteiger partial charge in [-0.15, -0.1) is 11.3 Å². The van der Waals surface area contributed by atoms with Crippen molar-refractivity contribution in [2.45, 2.75) is 51.1 Å². The Morgan fingerprint density at radius 3 is 3.03 bits per heavy atom. The summed E-state index contributed by atoms with van der Waals surface area (Å²) in [5, 5.41) is 4.29. The zero-order chi connectivity index (χ0) is 24.6. The summed E-state index contributed by atoms with van der Waals surface area (Å²) in [6.07, 6.45) is 12.8. The van der Waals surface area contributed by atoms with Crippen molar-refractivity contribution in [3.8, 4) is 0 Å². The third kappa shape index (κ3) is 4.62. The molecular formula is C27H29ClFN5OS. The van der Waals surface area contributed by atoms with Gasteiger partial charge in [-0.05, 0) is 48.9 Å². The molecule has 2 aliphatic heterocycles. The van der Waals surface area contributed by atoms with Gasteiger partial charge in [0.05, 0.1) is 17.0 Å². The molecule has 1 amide bonds. The van der Waals surface area contributed by atoms with E-state index in [-0.39, 0.29) is 10.9 Å². The van der Waals surface area contributed by atoms with Crippen molar-refractivity contribution in [1.82, 2.24) is 19.8 Å². The Morgan fingerprint density at radius 2 is 2.14 bits per heavy atom. The lowest BCUT2D eigenvalue weighted by Gasteiger charge is -2.47. The number of carbonyl (C=O) groups excluding carboxylic acids is 1. The second-order valence-corrected chi connectivity index (χ2v) is 11.5. The molecule has 1 aliphatic carbocycles. The minimum atomic E-state index is -0.458. The molecule has 1 saturated carbocycles. The van der Waals surface area contributed by atoms with Crippen molar-refractivity contribution in [2.75, 3.05) is 25.0 Å². The fourth-order valence-electron chi connectivity index (χ4n) is 5.88. The van der Waals surface area contributed by atoms with Crippen molar-refractivity contribution in [3.63, 3.8) is 0 Å². The molecule has 0 radical (unpaired) electrons. The normalized spacial score (nSPS) is 22.2. The number of hydrogen-bond donors (Lipinski definition) is 1. The number of amides is 1. The average molecular weight is 526 g/mol. The van der Waals surface area contributed by atoms with Crippen LogP contribution in [0.15, 0.2) is 36.7 Å². The first-order valence-electron chi connectivity index (χ1n) is 12.7. The summed E-state index contributed by atoms with van der Waals surface area (Å²) in [6, 6.07) is 5.24. The largest absolute Gasteiger partial charge is 0.340 e. The van der Waals surface area contributed by atoms with E-state index in [1.165, 1.54) is 56.6 Å². The molecule has 2 atom stereocenters. The van der Waals surface area contributed by atoms with Crippen molar-refractivity contribution in [1.29, 1.82) is 0 Å². The minimum Gasteiger partial charge on any atom is -0.340 e. The van der Waals surface area contributed by atoms with Crippen LogP contribution in [0.25, 0.3) is 10.2 Å². The molecule has 2 aromatic heterocycles. The summed E-state index contributed by atoms with van der Waals surface area (Å²) in [5.74, 6) is 1.15. The number of anilines is 2. The number of fused-ring (bicyclic) bond motifs is 4. The third-order valence-corrected chi connectivity index (χ3v) is 9.20. The number of hydrogen-bond acceptors (Lipinski definition) is 6. The van der Waals surface area contributed by atoms with Gasteiger partial charge in [0.2, 0.25) is 5.91 Å². The van der Waals surface area contributed by atoms with Crippen molar-refractivity contribution >= 4 is 50.6 Å². The summed E-state index contributed by atoms with van der Waals surface area (Å²) < 4.78 is 13.6. The van der Waals surface area contributed by atoms with Crippen LogP contribution < -0.4 is 5.32 Å². The lowest BCUT2D eigenvalue weighted by atomic mass is 9.84. The van der Waals surface area contributed by atoms with Gasteiger partial charge in [0.1, 0.15) is 22.8 Å². The second-order valence-electron chi connectivity index (χ2n) is 9.99. The van der Waals surface area contributed by atoms with Crippen LogP contribution in [-0.2, 0) is 17.8 Å². The van der Waals surface area contributed by atoms with Crippen molar-refractivity contribution in [2.24, 2.45) is 5.92 Å². The van der Waals surface area contributed by atoms with Gasteiger partial charge in [0.25, 0.3) is 0 Å². The fourth-order valence-corrected chi connectivity index (χ4v) is 7.27. The van der Waals surface area contributed by atoms with Crippen molar-refractivity contribution < 1.29 is 9.18 Å². The van der Waals surface area contributed by atoms with Crippen LogP contribution in [0.5, 0.6) is 0 Å². The van der Waals surface area contributed by atoms with E-state index in [2.05, 4.69) is 20.2 Å². The monoisotopic (exact) mass is 525 g/mol. The van der Waals surface area contributed by atoms with Crippen LogP contribution in [-0.4, -0.2) is 51.4 Å². The molecule has 1 saturated heterocycles. The molecule has 6 rings (SSSR count). The second kappa shape index (κ2) is 10.1. The number of nitrogens with zero attached hydrogens (tertiary/aromatic N) is 4. The molecule has 2 unspecified atom stereocenters. The van der Waals surface area contributed by atoms with E-state index in [4.69, 9.17) is 11.6 Å². The Hall–Kier alpha value is -2.55. The molecule has 0 bridgehead atoms. The van der Waals surface area contributed by atoms with E-state index >= 15 is 0 Å². The molecule has 6 nitrogen and oxygen atoms in total. The highest BCUT2D eigenvalue weighted by atomic mass is 35.5. The molecular weight excluding hydrogens is 497 g/mol. The standard InChI is InChI=1S/C27H29ClFN5OS/c28-20-13-18(8-9-21(20)29)32-26-25-19-10-12-34(15-23(19)36-27(25)31-16-30-26)24(35)7-4-11-33-14-17-5-2-1-3-6-22(17)33/h4,7-9,13,16-17,22H,1-3,5-6,10-12,14-15H2,(H,30,31,32)/b7-4+. The van der Waals surface area contributed by atoms with Gasteiger partial charge in [-0.3, -0.25) is 9.69 Å². The highest BCUT2D eigenvalue weighted by molar-refractivity contribution is 7.19. The number of carbonyl (C=O) groups is 1. The van der Waals surface area contributed by atoms with Crippen molar-refractivity contribution in [3.05, 3.63) is 58.0 Å². The molecule has 3 aliphatic rings. The molecule has 2 fully saturated rings. The quantitative estimate of drug-likeness (QED) is 0.418. The maximum absolute atomic E-state index is 13.6. The van der Waals surface area contributed by atoms with E-state index in [0.717, 1.165) is 40.0 Å². The van der Waals surface area contributed by atoms with E-state index in [9.17, 15) is 9.18 Å². The minimum absolute atomic E-state index is 0.0584. The van der Waals surface area contributed by atoms with Gasteiger partial charge in [0.15, 0.2) is 0 Å². The zero-order valence-electron chi connectivity index (χ0n) is 20.1. The maximum Gasteiger partial charge on any atom is 0.246 e. The first kappa shape index (κ1) is 23.8. The molecule has 3 aromatic rings. The first-order chi connectivity index (χ1) is 17.6. The maximum atomic E-state index is 13.6. The molecule has 9 heteroatoms. The lowest BCUT2D eigenvalue weighted by Crippen LogP contribution is -2.55. The van der Waals surface area contributed by atoms with Crippen LogP contribution in [0, 0.1) is 11.7 Å². The number of halogens is 2. The van der Waals surface area contributed by atoms with Crippen LogP contribution >= 0.6 is 22.9 Å². The predicted molar refractivity (Wildman–Crippen MR) is 142 cm³/mol. The summed E-state index contributed by atoms with van der Waals surface area (Å²) in [5.41, 5.74) is 1.84.